The van der Waals surface area contributed by atoms with Crippen LogP contribution in [0.15, 0.2) is 48.0 Å². The van der Waals surface area contributed by atoms with Crippen LogP contribution in [0.5, 0.6) is 11.5 Å². The van der Waals surface area contributed by atoms with Gasteiger partial charge in [-0.05, 0) is 43.7 Å². The summed E-state index contributed by atoms with van der Waals surface area (Å²) in [5.74, 6) is -0.458. The zero-order valence-corrected chi connectivity index (χ0v) is 18.2. The summed E-state index contributed by atoms with van der Waals surface area (Å²) in [6.45, 7) is 4.54. The van der Waals surface area contributed by atoms with Crippen molar-refractivity contribution in [1.82, 2.24) is 4.90 Å². The highest BCUT2D eigenvalue weighted by atomic mass is 16.5. The van der Waals surface area contributed by atoms with Crippen LogP contribution in [0, 0.1) is 6.92 Å². The summed E-state index contributed by atoms with van der Waals surface area (Å²) in [5, 5.41) is 11.2. The second-order valence-electron chi connectivity index (χ2n) is 7.14. The van der Waals surface area contributed by atoms with Crippen LogP contribution in [0.4, 0.5) is 0 Å². The van der Waals surface area contributed by atoms with Crippen molar-refractivity contribution < 1.29 is 28.9 Å². The maximum absolute atomic E-state index is 13.1. The molecule has 0 aliphatic carbocycles. The average Bonchev–Trinajstić information content (AvgIpc) is 3.02. The van der Waals surface area contributed by atoms with E-state index in [1.54, 1.807) is 37.4 Å². The summed E-state index contributed by atoms with van der Waals surface area (Å²) in [6, 6.07) is 11.6. The second kappa shape index (κ2) is 9.66. The third-order valence-electron chi connectivity index (χ3n) is 5.28. The maximum Gasteiger partial charge on any atom is 0.295 e. The van der Waals surface area contributed by atoms with Gasteiger partial charge in [0.2, 0.25) is 0 Å². The van der Waals surface area contributed by atoms with Crippen molar-refractivity contribution in [3.05, 3.63) is 64.7 Å². The summed E-state index contributed by atoms with van der Waals surface area (Å²) in [4.78, 5) is 27.4. The monoisotopic (exact) mass is 425 g/mol. The number of amides is 1. The molecule has 0 radical (unpaired) electrons. The number of rotatable bonds is 8. The summed E-state index contributed by atoms with van der Waals surface area (Å²) in [6.07, 6.45) is 0. The molecule has 1 atom stereocenters. The van der Waals surface area contributed by atoms with Crippen molar-refractivity contribution in [2.45, 2.75) is 19.9 Å². The second-order valence-corrected chi connectivity index (χ2v) is 7.14. The Balaban J connectivity index is 2.22. The summed E-state index contributed by atoms with van der Waals surface area (Å²) < 4.78 is 16.1. The van der Waals surface area contributed by atoms with Gasteiger partial charge < -0.3 is 24.2 Å². The molecule has 2 aromatic carbocycles. The molecule has 0 spiro atoms. The predicted molar refractivity (Wildman–Crippen MR) is 116 cm³/mol. The van der Waals surface area contributed by atoms with Crippen molar-refractivity contribution in [2.24, 2.45) is 0 Å². The van der Waals surface area contributed by atoms with Crippen LogP contribution in [0.2, 0.25) is 0 Å². The first-order chi connectivity index (χ1) is 14.9. The van der Waals surface area contributed by atoms with Gasteiger partial charge in [0, 0.05) is 24.8 Å². The lowest BCUT2D eigenvalue weighted by molar-refractivity contribution is -0.140. The Kier molecular flexibility index (Phi) is 6.97. The number of ether oxygens (including phenoxy) is 3. The van der Waals surface area contributed by atoms with E-state index in [9.17, 15) is 14.7 Å². The van der Waals surface area contributed by atoms with Crippen LogP contribution in [-0.2, 0) is 14.3 Å². The van der Waals surface area contributed by atoms with E-state index >= 15 is 0 Å². The van der Waals surface area contributed by atoms with E-state index in [1.165, 1.54) is 12.0 Å². The fourth-order valence-electron chi connectivity index (χ4n) is 3.79. The van der Waals surface area contributed by atoms with Crippen LogP contribution in [0.25, 0.3) is 5.76 Å². The summed E-state index contributed by atoms with van der Waals surface area (Å²) in [5.41, 5.74) is 1.84. The van der Waals surface area contributed by atoms with E-state index in [2.05, 4.69) is 0 Å². The molecule has 0 unspecified atom stereocenters. The van der Waals surface area contributed by atoms with E-state index in [0.717, 1.165) is 5.56 Å². The first-order valence-corrected chi connectivity index (χ1v) is 10.1. The molecule has 1 N–H and O–H groups in total. The normalized spacial score (nSPS) is 17.8. The van der Waals surface area contributed by atoms with Crippen molar-refractivity contribution in [3.63, 3.8) is 0 Å². The predicted octanol–water partition coefficient (Wildman–Crippen LogP) is 3.47. The van der Waals surface area contributed by atoms with E-state index in [-0.39, 0.29) is 24.5 Å². The van der Waals surface area contributed by atoms with Gasteiger partial charge >= 0.3 is 0 Å². The topological polar surface area (TPSA) is 85.3 Å². The quantitative estimate of drug-likeness (QED) is 0.396. The number of aliphatic hydroxyl groups is 1. The average molecular weight is 425 g/mol. The minimum absolute atomic E-state index is 0.0292. The van der Waals surface area contributed by atoms with Gasteiger partial charge in [-0.3, -0.25) is 9.59 Å². The highest BCUT2D eigenvalue weighted by Gasteiger charge is 2.47. The molecular weight excluding hydrogens is 398 g/mol. The Labute approximate surface area is 181 Å². The molecular formula is C24H27NO6. The molecule has 1 saturated heterocycles. The van der Waals surface area contributed by atoms with Crippen molar-refractivity contribution in [3.8, 4) is 11.5 Å². The SMILES string of the molecule is CCOc1ccccc1[C@@H]1C(=C(O)c2ccc(OC)cc2C)C(=O)C(=O)N1CCOC. The highest BCUT2D eigenvalue weighted by Crippen LogP contribution is 2.43. The molecule has 31 heavy (non-hydrogen) atoms. The van der Waals surface area contributed by atoms with Gasteiger partial charge in [-0.15, -0.1) is 0 Å². The number of Topliss-reactive ketones (excluding diaryl/α,β-unsaturated/α-hetero) is 1. The Bertz CT molecular complexity index is 1010. The lowest BCUT2D eigenvalue weighted by atomic mass is 9.93. The number of para-hydroxylation sites is 1. The smallest absolute Gasteiger partial charge is 0.295 e. The Morgan fingerprint density at radius 1 is 1.13 bits per heavy atom. The molecule has 164 valence electrons. The lowest BCUT2D eigenvalue weighted by Gasteiger charge is -2.26. The van der Waals surface area contributed by atoms with Crippen LogP contribution < -0.4 is 9.47 Å². The van der Waals surface area contributed by atoms with Crippen LogP contribution in [0.1, 0.15) is 29.7 Å². The van der Waals surface area contributed by atoms with Gasteiger partial charge in [-0.2, -0.15) is 0 Å². The molecule has 7 nitrogen and oxygen atoms in total. The minimum atomic E-state index is -0.792. The van der Waals surface area contributed by atoms with Crippen LogP contribution >= 0.6 is 0 Å². The number of carbonyl (C=O) groups excluding carboxylic acids is 2. The van der Waals surface area contributed by atoms with Crippen molar-refractivity contribution >= 4 is 17.4 Å². The molecule has 0 aromatic heterocycles. The van der Waals surface area contributed by atoms with E-state index in [4.69, 9.17) is 14.2 Å². The van der Waals surface area contributed by atoms with E-state index in [0.29, 0.717) is 29.2 Å². The number of likely N-dealkylation sites (tertiary alicyclic amines) is 1. The highest BCUT2D eigenvalue weighted by molar-refractivity contribution is 6.46. The fraction of sp³-hybridized carbons (Fsp3) is 0.333. The first kappa shape index (κ1) is 22.4. The van der Waals surface area contributed by atoms with Gasteiger partial charge in [0.15, 0.2) is 0 Å². The number of hydrogen-bond donors (Lipinski definition) is 1. The van der Waals surface area contributed by atoms with Crippen molar-refractivity contribution in [2.75, 3.05) is 34.0 Å². The van der Waals surface area contributed by atoms with Crippen LogP contribution in [-0.4, -0.2) is 55.7 Å². The van der Waals surface area contributed by atoms with E-state index in [1.807, 2.05) is 26.0 Å². The lowest BCUT2D eigenvalue weighted by Crippen LogP contribution is -2.32. The third kappa shape index (κ3) is 4.27. The molecule has 7 heteroatoms. The molecule has 1 amide bonds. The van der Waals surface area contributed by atoms with Gasteiger partial charge in [0.05, 0.1) is 31.9 Å². The first-order valence-electron chi connectivity index (χ1n) is 10.1. The number of ketones is 1. The molecule has 2 aromatic rings. The number of carbonyl (C=O) groups is 2. The molecule has 0 saturated carbocycles. The maximum atomic E-state index is 13.1. The summed E-state index contributed by atoms with van der Waals surface area (Å²) >= 11 is 0. The zero-order chi connectivity index (χ0) is 22.5. The third-order valence-corrected chi connectivity index (χ3v) is 5.28. The number of methoxy groups -OCH3 is 2. The minimum Gasteiger partial charge on any atom is -0.507 e. The molecule has 0 bridgehead atoms. The number of benzene rings is 2. The van der Waals surface area contributed by atoms with Gasteiger partial charge in [0.25, 0.3) is 11.7 Å². The number of nitrogens with zero attached hydrogens (tertiary/aromatic N) is 1. The Hall–Kier alpha value is -3.32. The zero-order valence-electron chi connectivity index (χ0n) is 18.2. The molecule has 1 fully saturated rings. The molecule has 1 aliphatic rings. The van der Waals surface area contributed by atoms with E-state index < -0.39 is 17.7 Å². The Morgan fingerprint density at radius 3 is 2.52 bits per heavy atom. The molecule has 1 heterocycles. The number of aryl methyl sites for hydroxylation is 1. The largest absolute Gasteiger partial charge is 0.507 e. The van der Waals surface area contributed by atoms with Crippen LogP contribution in [0.3, 0.4) is 0 Å². The molecule has 3 rings (SSSR count). The molecule has 1 aliphatic heterocycles. The van der Waals surface area contributed by atoms with Gasteiger partial charge in [-0.25, -0.2) is 0 Å². The standard InChI is InChI=1S/C24H27NO6/c1-5-31-19-9-7-6-8-18(19)21-20(23(27)24(28)25(21)12-13-29-3)22(26)17-11-10-16(30-4)14-15(17)2/h6-11,14,21,26H,5,12-13H2,1-4H3/t21-/m1/s1. The number of hydrogen-bond acceptors (Lipinski definition) is 6. The Morgan fingerprint density at radius 2 is 1.87 bits per heavy atom. The summed E-state index contributed by atoms with van der Waals surface area (Å²) in [7, 11) is 3.08. The van der Waals surface area contributed by atoms with Gasteiger partial charge in [0.1, 0.15) is 17.3 Å². The number of aliphatic hydroxyl groups excluding tert-OH is 1. The van der Waals surface area contributed by atoms with Crippen molar-refractivity contribution in [1.29, 1.82) is 0 Å². The fourth-order valence-corrected chi connectivity index (χ4v) is 3.79. The van der Waals surface area contributed by atoms with Gasteiger partial charge in [-0.1, -0.05) is 18.2 Å².